The molecule has 1 aromatic rings. The number of nitrogens with one attached hydrogen (secondary N) is 1. The molecule has 0 unspecified atom stereocenters. The molecule has 2 amide bonds. The van der Waals surface area contributed by atoms with Crippen LogP contribution < -0.4 is 5.32 Å². The van der Waals surface area contributed by atoms with E-state index < -0.39 is 0 Å². The Balaban J connectivity index is 1.25. The second kappa shape index (κ2) is 6.27. The molecule has 1 N–H and O–H groups in total. The van der Waals surface area contributed by atoms with Crippen LogP contribution in [0.3, 0.4) is 0 Å². The van der Waals surface area contributed by atoms with Gasteiger partial charge in [0.2, 0.25) is 0 Å². The van der Waals surface area contributed by atoms with Gasteiger partial charge in [-0.15, -0.1) is 0 Å². The molecule has 3 aliphatic rings. The lowest BCUT2D eigenvalue weighted by Gasteiger charge is -2.38. The van der Waals surface area contributed by atoms with Crippen LogP contribution in [0.25, 0.3) is 0 Å². The number of piperidine rings is 2. The highest BCUT2D eigenvalue weighted by Crippen LogP contribution is 2.61. The molecule has 3 fully saturated rings. The number of hydrogen-bond acceptors (Lipinski definition) is 3. The third-order valence-electron chi connectivity index (χ3n) is 6.82. The van der Waals surface area contributed by atoms with Crippen LogP contribution in [0.1, 0.15) is 32.9 Å². The van der Waals surface area contributed by atoms with Crippen LogP contribution in [0.15, 0.2) is 24.4 Å². The number of urea groups is 1. The molecule has 1 aliphatic carbocycles. The Morgan fingerprint density at radius 1 is 1.28 bits per heavy atom. The van der Waals surface area contributed by atoms with Crippen molar-refractivity contribution in [1.29, 1.82) is 0 Å². The molecule has 0 bridgehead atoms. The van der Waals surface area contributed by atoms with Crippen molar-refractivity contribution in [3.63, 3.8) is 0 Å². The van der Waals surface area contributed by atoms with E-state index in [1.165, 1.54) is 0 Å². The molecule has 136 valence electrons. The zero-order valence-electron chi connectivity index (χ0n) is 15.6. The lowest BCUT2D eigenvalue weighted by Crippen LogP contribution is -2.53. The molecule has 4 rings (SSSR count). The lowest BCUT2D eigenvalue weighted by atomic mass is 9.94. The molecule has 3 heterocycles. The van der Waals surface area contributed by atoms with Crippen molar-refractivity contribution in [1.82, 2.24) is 20.1 Å². The Hall–Kier alpha value is -1.62. The topological polar surface area (TPSA) is 48.5 Å². The highest BCUT2D eigenvalue weighted by molar-refractivity contribution is 5.75. The van der Waals surface area contributed by atoms with Gasteiger partial charge in [-0.1, -0.05) is 26.8 Å². The Morgan fingerprint density at radius 2 is 2.04 bits per heavy atom. The Morgan fingerprint density at radius 3 is 2.68 bits per heavy atom. The number of carbonyl (C=O) groups excluding carboxylic acids is 1. The van der Waals surface area contributed by atoms with E-state index in [9.17, 15) is 4.79 Å². The van der Waals surface area contributed by atoms with E-state index in [1.54, 1.807) is 0 Å². The minimum absolute atomic E-state index is 0.151. The smallest absolute Gasteiger partial charge is 0.317 e. The van der Waals surface area contributed by atoms with Crippen molar-refractivity contribution < 1.29 is 4.79 Å². The maximum Gasteiger partial charge on any atom is 0.317 e. The van der Waals surface area contributed by atoms with Gasteiger partial charge < -0.3 is 10.2 Å². The zero-order valence-corrected chi connectivity index (χ0v) is 15.6. The van der Waals surface area contributed by atoms with Gasteiger partial charge in [0.1, 0.15) is 0 Å². The third-order valence-corrected chi connectivity index (χ3v) is 6.82. The van der Waals surface area contributed by atoms with Crippen LogP contribution in [0.5, 0.6) is 0 Å². The monoisotopic (exact) mass is 342 g/mol. The Labute approximate surface area is 150 Å². The molecular weight excluding hydrogens is 312 g/mol. The number of fused-ring (bicyclic) bond motifs is 1. The van der Waals surface area contributed by atoms with Crippen molar-refractivity contribution in [2.75, 3.05) is 26.2 Å². The number of hydrogen-bond donors (Lipinski definition) is 1. The van der Waals surface area contributed by atoms with Gasteiger partial charge in [-0.05, 0) is 41.7 Å². The molecule has 25 heavy (non-hydrogen) atoms. The van der Waals surface area contributed by atoms with E-state index in [-0.39, 0.29) is 12.1 Å². The first-order chi connectivity index (χ1) is 11.9. The van der Waals surface area contributed by atoms with E-state index in [0.29, 0.717) is 11.3 Å². The highest BCUT2D eigenvalue weighted by Gasteiger charge is 2.62. The third kappa shape index (κ3) is 3.26. The largest absolute Gasteiger partial charge is 0.335 e. The van der Waals surface area contributed by atoms with Crippen LogP contribution in [0.4, 0.5) is 4.79 Å². The number of carbonyl (C=O) groups is 1. The van der Waals surface area contributed by atoms with Gasteiger partial charge in [-0.25, -0.2) is 4.79 Å². The fraction of sp³-hybridized carbons (Fsp3) is 0.700. The molecule has 2 aliphatic heterocycles. The maximum absolute atomic E-state index is 12.6. The van der Waals surface area contributed by atoms with Gasteiger partial charge >= 0.3 is 6.03 Å². The summed E-state index contributed by atoms with van der Waals surface area (Å²) in [7, 11) is 0. The van der Waals surface area contributed by atoms with Crippen LogP contribution in [-0.2, 0) is 6.54 Å². The predicted octanol–water partition coefficient (Wildman–Crippen LogP) is 2.59. The highest BCUT2D eigenvalue weighted by atomic mass is 16.2. The molecule has 0 radical (unpaired) electrons. The van der Waals surface area contributed by atoms with E-state index >= 15 is 0 Å². The first kappa shape index (κ1) is 16.8. The van der Waals surface area contributed by atoms with Gasteiger partial charge in [0.15, 0.2) is 0 Å². The predicted molar refractivity (Wildman–Crippen MR) is 97.9 cm³/mol. The summed E-state index contributed by atoms with van der Waals surface area (Å²) in [4.78, 5) is 21.5. The van der Waals surface area contributed by atoms with Crippen LogP contribution in [0.2, 0.25) is 0 Å². The average molecular weight is 342 g/mol. The summed E-state index contributed by atoms with van der Waals surface area (Å²) in [6.45, 7) is 11.7. The molecular formula is C20H30N4O. The fourth-order valence-corrected chi connectivity index (χ4v) is 4.86. The number of likely N-dealkylation sites (tertiary alicyclic amines) is 2. The summed E-state index contributed by atoms with van der Waals surface area (Å²) in [5, 5.41) is 3.31. The summed E-state index contributed by atoms with van der Waals surface area (Å²) >= 11 is 0. The molecule has 1 aromatic heterocycles. The standard InChI is InChI=1S/C20H30N4O/c1-14-10-23(11-15-6-4-5-8-21-15)9-7-18(14)22-19(25)24-12-16-17(13-24)20(16,2)3/h4-6,8,14,16-18H,7,9-13H2,1-3H3,(H,22,25)/t14-,16-,17+,18-/m1/s1. The maximum atomic E-state index is 12.6. The normalized spacial score (nSPS) is 33.8. The lowest BCUT2D eigenvalue weighted by molar-refractivity contribution is 0.133. The molecule has 5 heteroatoms. The van der Waals surface area contributed by atoms with Crippen molar-refractivity contribution in [3.8, 4) is 0 Å². The molecule has 5 nitrogen and oxygen atoms in total. The van der Waals surface area contributed by atoms with Gasteiger partial charge in [-0.3, -0.25) is 9.88 Å². The van der Waals surface area contributed by atoms with Gasteiger partial charge in [-0.2, -0.15) is 0 Å². The number of rotatable bonds is 3. The van der Waals surface area contributed by atoms with Crippen molar-refractivity contribution in [2.24, 2.45) is 23.2 Å². The minimum atomic E-state index is 0.151. The van der Waals surface area contributed by atoms with Crippen molar-refractivity contribution in [3.05, 3.63) is 30.1 Å². The summed E-state index contributed by atoms with van der Waals surface area (Å²) < 4.78 is 0. The Bertz CT molecular complexity index is 618. The van der Waals surface area contributed by atoms with Gasteiger partial charge in [0.05, 0.1) is 5.69 Å². The molecule has 1 saturated carbocycles. The number of amides is 2. The van der Waals surface area contributed by atoms with E-state index in [0.717, 1.165) is 56.7 Å². The summed E-state index contributed by atoms with van der Waals surface area (Å²) in [6, 6.07) is 6.52. The second-order valence-corrected chi connectivity index (χ2v) is 8.82. The quantitative estimate of drug-likeness (QED) is 0.918. The van der Waals surface area contributed by atoms with Gasteiger partial charge in [0.25, 0.3) is 0 Å². The van der Waals surface area contributed by atoms with Crippen LogP contribution in [0, 0.1) is 23.2 Å². The SMILES string of the molecule is C[C@@H]1CN(Cc2ccccn2)CC[C@H]1NC(=O)N1C[C@@H]2[C@H](C1)C2(C)C. The summed E-state index contributed by atoms with van der Waals surface area (Å²) in [5.41, 5.74) is 1.58. The zero-order chi connectivity index (χ0) is 17.6. The average Bonchev–Trinajstić information content (AvgIpc) is 2.95. The summed E-state index contributed by atoms with van der Waals surface area (Å²) in [6.07, 6.45) is 2.87. The van der Waals surface area contributed by atoms with Gasteiger partial charge in [0, 0.05) is 45.0 Å². The number of aromatic nitrogens is 1. The molecule has 4 atom stereocenters. The fourth-order valence-electron chi connectivity index (χ4n) is 4.86. The van der Waals surface area contributed by atoms with E-state index in [2.05, 4.69) is 42.0 Å². The van der Waals surface area contributed by atoms with Crippen LogP contribution >= 0.6 is 0 Å². The second-order valence-electron chi connectivity index (χ2n) is 8.82. The first-order valence-corrected chi connectivity index (χ1v) is 9.63. The number of pyridine rings is 1. The first-order valence-electron chi connectivity index (χ1n) is 9.63. The molecule has 0 spiro atoms. The van der Waals surface area contributed by atoms with Crippen LogP contribution in [-0.4, -0.2) is 53.0 Å². The molecule has 2 saturated heterocycles. The Kier molecular flexibility index (Phi) is 4.22. The van der Waals surface area contributed by atoms with Crippen molar-refractivity contribution >= 4 is 6.03 Å². The van der Waals surface area contributed by atoms with E-state index in [4.69, 9.17) is 0 Å². The minimum Gasteiger partial charge on any atom is -0.335 e. The number of nitrogens with zero attached hydrogens (tertiary/aromatic N) is 3. The van der Waals surface area contributed by atoms with E-state index in [1.807, 2.05) is 23.2 Å². The molecule has 0 aromatic carbocycles. The van der Waals surface area contributed by atoms with Crippen molar-refractivity contribution in [2.45, 2.75) is 39.8 Å². The summed E-state index contributed by atoms with van der Waals surface area (Å²) in [5.74, 6) is 1.90.